The highest BCUT2D eigenvalue weighted by Crippen LogP contribution is 2.19. The molecule has 0 aliphatic rings. The summed E-state index contributed by atoms with van der Waals surface area (Å²) in [5.41, 5.74) is 2.94. The highest BCUT2D eigenvalue weighted by atomic mass is 79.9. The van der Waals surface area contributed by atoms with Crippen LogP contribution in [-0.2, 0) is 11.3 Å². The average Bonchev–Trinajstić information content (AvgIpc) is 2.71. The normalized spacial score (nSPS) is 13.1. The van der Waals surface area contributed by atoms with Crippen molar-refractivity contribution in [2.24, 2.45) is 0 Å². The van der Waals surface area contributed by atoms with Crippen molar-refractivity contribution in [3.63, 3.8) is 0 Å². The quantitative estimate of drug-likeness (QED) is 0.937. The predicted molar refractivity (Wildman–Crippen MR) is 76.2 cm³/mol. The molecule has 102 valence electrons. The molecule has 0 saturated heterocycles. The Hall–Kier alpha value is -1.40. The Bertz CT molecular complexity index is 624. The summed E-state index contributed by atoms with van der Waals surface area (Å²) in [4.78, 5) is 17.1. The third-order valence-corrected chi connectivity index (χ3v) is 3.70. The van der Waals surface area contributed by atoms with Crippen molar-refractivity contribution < 1.29 is 9.90 Å². The summed E-state index contributed by atoms with van der Waals surface area (Å²) in [7, 11) is 1.79. The van der Waals surface area contributed by atoms with Crippen molar-refractivity contribution in [1.82, 2.24) is 14.3 Å². The van der Waals surface area contributed by atoms with E-state index in [2.05, 4.69) is 20.9 Å². The minimum atomic E-state index is -0.825. The largest absolute Gasteiger partial charge is 0.480 e. The molecule has 0 spiro atoms. The molecule has 0 amide bonds. The van der Waals surface area contributed by atoms with Crippen molar-refractivity contribution in [3.05, 3.63) is 34.2 Å². The van der Waals surface area contributed by atoms with E-state index in [1.807, 2.05) is 23.6 Å². The highest BCUT2D eigenvalue weighted by Gasteiger charge is 2.18. The Morgan fingerprint density at radius 1 is 1.63 bits per heavy atom. The smallest absolute Gasteiger partial charge is 0.320 e. The van der Waals surface area contributed by atoms with Gasteiger partial charge in [0.2, 0.25) is 0 Å². The fourth-order valence-corrected chi connectivity index (χ4v) is 2.51. The predicted octanol–water partition coefficient (Wildman–Crippen LogP) is 2.31. The molecule has 0 aromatic carbocycles. The Morgan fingerprint density at radius 2 is 2.32 bits per heavy atom. The second-order valence-corrected chi connectivity index (χ2v) is 5.63. The number of rotatable bonds is 4. The van der Waals surface area contributed by atoms with E-state index < -0.39 is 12.0 Å². The summed E-state index contributed by atoms with van der Waals surface area (Å²) in [6.45, 7) is 4.21. The summed E-state index contributed by atoms with van der Waals surface area (Å²) in [5, 5.41) is 9.01. The number of carbonyl (C=O) groups is 1. The van der Waals surface area contributed by atoms with E-state index in [9.17, 15) is 4.79 Å². The van der Waals surface area contributed by atoms with Crippen LogP contribution in [0.4, 0.5) is 0 Å². The van der Waals surface area contributed by atoms with Crippen LogP contribution in [0.2, 0.25) is 0 Å². The van der Waals surface area contributed by atoms with Crippen molar-refractivity contribution >= 4 is 27.5 Å². The first-order valence-electron chi connectivity index (χ1n) is 5.95. The van der Waals surface area contributed by atoms with Gasteiger partial charge in [0, 0.05) is 17.2 Å². The number of hydrogen-bond donors (Lipinski definition) is 1. The molecule has 0 aliphatic heterocycles. The lowest BCUT2D eigenvalue weighted by atomic mass is 10.3. The van der Waals surface area contributed by atoms with Crippen LogP contribution in [0.25, 0.3) is 5.65 Å². The zero-order valence-corrected chi connectivity index (χ0v) is 12.7. The van der Waals surface area contributed by atoms with Crippen LogP contribution in [0.5, 0.6) is 0 Å². The molecule has 0 bridgehead atoms. The van der Waals surface area contributed by atoms with Crippen LogP contribution in [0, 0.1) is 6.92 Å². The third-order valence-electron chi connectivity index (χ3n) is 3.26. The Kier molecular flexibility index (Phi) is 3.91. The van der Waals surface area contributed by atoms with Crippen LogP contribution in [0.15, 0.2) is 22.9 Å². The van der Waals surface area contributed by atoms with E-state index in [1.54, 1.807) is 25.1 Å². The lowest BCUT2D eigenvalue weighted by Crippen LogP contribution is -2.35. The molecule has 1 N–H and O–H groups in total. The number of halogens is 1. The maximum atomic E-state index is 11.0. The van der Waals surface area contributed by atoms with Gasteiger partial charge in [0.15, 0.2) is 0 Å². The number of carboxylic acid groups (broad SMARTS) is 1. The average molecular weight is 326 g/mol. The molecule has 0 aliphatic carbocycles. The van der Waals surface area contributed by atoms with Crippen molar-refractivity contribution in [2.75, 3.05) is 7.05 Å². The number of pyridine rings is 1. The van der Waals surface area contributed by atoms with Crippen molar-refractivity contribution in [3.8, 4) is 0 Å². The summed E-state index contributed by atoms with van der Waals surface area (Å²) in [6.07, 6.45) is 3.74. The van der Waals surface area contributed by atoms with E-state index in [0.717, 1.165) is 21.4 Å². The molecule has 2 heterocycles. The summed E-state index contributed by atoms with van der Waals surface area (Å²) in [6, 6.07) is 1.48. The monoisotopic (exact) mass is 325 g/mol. The zero-order valence-electron chi connectivity index (χ0n) is 11.1. The van der Waals surface area contributed by atoms with Crippen LogP contribution in [0.3, 0.4) is 0 Å². The van der Waals surface area contributed by atoms with E-state index >= 15 is 0 Å². The van der Waals surface area contributed by atoms with Gasteiger partial charge in [0.05, 0.1) is 11.9 Å². The number of likely N-dealkylation sites (N-methyl/N-ethyl adjacent to an activating group) is 1. The third kappa shape index (κ3) is 2.79. The number of carboxylic acids is 1. The molecule has 6 heteroatoms. The molecule has 1 unspecified atom stereocenters. The highest BCUT2D eigenvalue weighted by molar-refractivity contribution is 9.10. The second kappa shape index (κ2) is 5.30. The number of aromatic nitrogens is 2. The van der Waals surface area contributed by atoms with E-state index in [1.165, 1.54) is 0 Å². The van der Waals surface area contributed by atoms with Gasteiger partial charge in [-0.25, -0.2) is 4.98 Å². The van der Waals surface area contributed by atoms with Gasteiger partial charge in [0.25, 0.3) is 0 Å². The van der Waals surface area contributed by atoms with Gasteiger partial charge < -0.3 is 9.51 Å². The first kappa shape index (κ1) is 14.0. The first-order chi connectivity index (χ1) is 8.90. The number of fused-ring (bicyclic) bond motifs is 1. The lowest BCUT2D eigenvalue weighted by Gasteiger charge is -2.20. The van der Waals surface area contributed by atoms with Gasteiger partial charge in [-0.3, -0.25) is 9.69 Å². The Balaban J connectivity index is 2.34. The number of aliphatic carboxylic acids is 1. The van der Waals surface area contributed by atoms with E-state index in [4.69, 9.17) is 5.11 Å². The number of aryl methyl sites for hydroxylation is 1. The summed E-state index contributed by atoms with van der Waals surface area (Å²) >= 11 is 3.46. The number of imidazole rings is 1. The molecule has 2 rings (SSSR count). The molecule has 5 nitrogen and oxygen atoms in total. The molecular weight excluding hydrogens is 310 g/mol. The molecular formula is C13H16BrN3O2. The van der Waals surface area contributed by atoms with Gasteiger partial charge in [-0.05, 0) is 48.5 Å². The van der Waals surface area contributed by atoms with Crippen molar-refractivity contribution in [1.29, 1.82) is 0 Å². The Morgan fingerprint density at radius 3 is 2.95 bits per heavy atom. The van der Waals surface area contributed by atoms with Gasteiger partial charge in [-0.2, -0.15) is 0 Å². The zero-order chi connectivity index (χ0) is 14.2. The van der Waals surface area contributed by atoms with Gasteiger partial charge in [-0.1, -0.05) is 0 Å². The topological polar surface area (TPSA) is 57.8 Å². The fraction of sp³-hybridized carbons (Fsp3) is 0.385. The SMILES string of the molecule is Cc1cc(Br)cn2c(CN(C)C(C)C(=O)O)cnc12. The molecule has 2 aromatic rings. The molecule has 1 atom stereocenters. The lowest BCUT2D eigenvalue weighted by molar-refractivity contribution is -0.142. The van der Waals surface area contributed by atoms with Gasteiger partial charge in [0.1, 0.15) is 11.7 Å². The summed E-state index contributed by atoms with van der Waals surface area (Å²) < 4.78 is 2.97. The number of nitrogens with zero attached hydrogens (tertiary/aromatic N) is 3. The molecule has 19 heavy (non-hydrogen) atoms. The van der Waals surface area contributed by atoms with Crippen LogP contribution in [-0.4, -0.2) is 38.4 Å². The molecule has 0 radical (unpaired) electrons. The minimum absolute atomic E-state index is 0.529. The van der Waals surface area contributed by atoms with E-state index in [0.29, 0.717) is 6.54 Å². The molecule has 2 aromatic heterocycles. The first-order valence-corrected chi connectivity index (χ1v) is 6.74. The molecule has 0 saturated carbocycles. The maximum Gasteiger partial charge on any atom is 0.320 e. The molecule has 0 fully saturated rings. The number of hydrogen-bond acceptors (Lipinski definition) is 3. The van der Waals surface area contributed by atoms with Gasteiger partial charge in [-0.15, -0.1) is 0 Å². The fourth-order valence-electron chi connectivity index (χ4n) is 1.96. The summed E-state index contributed by atoms with van der Waals surface area (Å²) in [5.74, 6) is -0.825. The van der Waals surface area contributed by atoms with Crippen LogP contribution in [0.1, 0.15) is 18.2 Å². The van der Waals surface area contributed by atoms with Crippen molar-refractivity contribution in [2.45, 2.75) is 26.4 Å². The maximum absolute atomic E-state index is 11.0. The second-order valence-electron chi connectivity index (χ2n) is 4.71. The van der Waals surface area contributed by atoms with Crippen LogP contribution >= 0.6 is 15.9 Å². The minimum Gasteiger partial charge on any atom is -0.480 e. The van der Waals surface area contributed by atoms with Crippen LogP contribution < -0.4 is 0 Å². The van der Waals surface area contributed by atoms with Gasteiger partial charge >= 0.3 is 5.97 Å². The standard InChI is InChI=1S/C13H16BrN3O2/c1-8-4-10(14)6-17-11(5-15-12(8)17)7-16(3)9(2)13(18)19/h4-6,9H,7H2,1-3H3,(H,18,19). The Labute approximate surface area is 120 Å². The van der Waals surface area contributed by atoms with E-state index in [-0.39, 0.29) is 0 Å².